The van der Waals surface area contributed by atoms with Gasteiger partial charge in [0.15, 0.2) is 0 Å². The molecule has 2 rings (SSSR count). The van der Waals surface area contributed by atoms with E-state index < -0.39 is 0 Å². The van der Waals surface area contributed by atoms with E-state index in [-0.39, 0.29) is 23.7 Å². The largest absolute Gasteiger partial charge is 0.355 e. The van der Waals surface area contributed by atoms with Crippen LogP contribution in [0.2, 0.25) is 5.02 Å². The molecule has 21 heavy (non-hydrogen) atoms. The van der Waals surface area contributed by atoms with E-state index >= 15 is 0 Å². The molecular formula is C16H24Cl2N2O. The lowest BCUT2D eigenvalue weighted by atomic mass is 9.84. The summed E-state index contributed by atoms with van der Waals surface area (Å²) in [4.78, 5) is 12.0. The van der Waals surface area contributed by atoms with Crippen molar-refractivity contribution >= 4 is 29.9 Å². The second-order valence-electron chi connectivity index (χ2n) is 6.16. The summed E-state index contributed by atoms with van der Waals surface area (Å²) in [5, 5.41) is 7.13. The van der Waals surface area contributed by atoms with Crippen molar-refractivity contribution in [3.05, 3.63) is 34.9 Å². The zero-order chi connectivity index (χ0) is 14.6. The van der Waals surface area contributed by atoms with Gasteiger partial charge in [-0.05, 0) is 37.1 Å². The maximum absolute atomic E-state index is 12.0. The van der Waals surface area contributed by atoms with Crippen LogP contribution in [0.4, 0.5) is 0 Å². The first kappa shape index (κ1) is 18.3. The predicted molar refractivity (Wildman–Crippen MR) is 90.4 cm³/mol. The number of carbonyl (C=O) groups is 1. The van der Waals surface area contributed by atoms with E-state index in [2.05, 4.69) is 24.5 Å². The van der Waals surface area contributed by atoms with Gasteiger partial charge in [0.2, 0.25) is 5.91 Å². The highest BCUT2D eigenvalue weighted by Crippen LogP contribution is 2.24. The topological polar surface area (TPSA) is 41.1 Å². The molecule has 118 valence electrons. The van der Waals surface area contributed by atoms with Gasteiger partial charge in [-0.25, -0.2) is 0 Å². The Morgan fingerprint density at radius 2 is 2.05 bits per heavy atom. The molecule has 0 bridgehead atoms. The van der Waals surface area contributed by atoms with Crippen molar-refractivity contribution in [3.8, 4) is 0 Å². The molecule has 1 aliphatic heterocycles. The molecule has 1 aromatic rings. The van der Waals surface area contributed by atoms with Gasteiger partial charge >= 0.3 is 0 Å². The second-order valence-corrected chi connectivity index (χ2v) is 6.60. The Bertz CT molecular complexity index is 454. The normalized spacial score (nSPS) is 18.1. The first-order valence-electron chi connectivity index (χ1n) is 7.23. The Morgan fingerprint density at radius 1 is 1.38 bits per heavy atom. The van der Waals surface area contributed by atoms with Crippen LogP contribution in [0.5, 0.6) is 0 Å². The number of hydrogen-bond acceptors (Lipinski definition) is 2. The molecule has 5 heteroatoms. The number of rotatable bonds is 5. The molecule has 0 saturated carbocycles. The minimum absolute atomic E-state index is 0. The number of carbonyl (C=O) groups excluding carboxylic acids is 1. The van der Waals surface area contributed by atoms with Crippen LogP contribution in [0.3, 0.4) is 0 Å². The summed E-state index contributed by atoms with van der Waals surface area (Å²) >= 11 is 5.91. The highest BCUT2D eigenvalue weighted by Gasteiger charge is 2.23. The van der Waals surface area contributed by atoms with Gasteiger partial charge in [-0.2, -0.15) is 0 Å². The lowest BCUT2D eigenvalue weighted by molar-refractivity contribution is -0.121. The SMILES string of the molecule is CC(C)(CNC(=O)CC1CCCN1)c1ccc(Cl)cc1.Cl. The minimum atomic E-state index is -0.0939. The quantitative estimate of drug-likeness (QED) is 0.869. The first-order valence-corrected chi connectivity index (χ1v) is 7.61. The van der Waals surface area contributed by atoms with Crippen LogP contribution in [-0.4, -0.2) is 25.0 Å². The van der Waals surface area contributed by atoms with Crippen LogP contribution in [-0.2, 0) is 10.2 Å². The van der Waals surface area contributed by atoms with Crippen molar-refractivity contribution in [2.75, 3.05) is 13.1 Å². The molecule has 1 aromatic carbocycles. The lowest BCUT2D eigenvalue weighted by Crippen LogP contribution is -2.39. The van der Waals surface area contributed by atoms with Gasteiger partial charge in [0.05, 0.1) is 0 Å². The van der Waals surface area contributed by atoms with E-state index in [0.29, 0.717) is 19.0 Å². The Labute approximate surface area is 138 Å². The number of hydrogen-bond donors (Lipinski definition) is 2. The fourth-order valence-corrected chi connectivity index (χ4v) is 2.68. The second kappa shape index (κ2) is 8.02. The summed E-state index contributed by atoms with van der Waals surface area (Å²) in [6.07, 6.45) is 2.86. The maximum Gasteiger partial charge on any atom is 0.221 e. The fraction of sp³-hybridized carbons (Fsp3) is 0.562. The Balaban J connectivity index is 0.00000220. The van der Waals surface area contributed by atoms with Crippen molar-refractivity contribution in [2.24, 2.45) is 0 Å². The number of halogens is 2. The lowest BCUT2D eigenvalue weighted by Gasteiger charge is -2.26. The standard InChI is InChI=1S/C16H23ClN2O.ClH/c1-16(2,12-5-7-13(17)8-6-12)11-19-15(20)10-14-4-3-9-18-14;/h5-8,14,18H,3-4,9-11H2,1-2H3,(H,19,20);1H. The van der Waals surface area contributed by atoms with E-state index in [1.54, 1.807) is 0 Å². The molecule has 0 aromatic heterocycles. The third-order valence-electron chi connectivity index (χ3n) is 3.95. The van der Waals surface area contributed by atoms with Crippen LogP contribution in [0.25, 0.3) is 0 Å². The molecule has 0 spiro atoms. The smallest absolute Gasteiger partial charge is 0.221 e. The molecule has 3 nitrogen and oxygen atoms in total. The summed E-state index contributed by atoms with van der Waals surface area (Å²) in [5.74, 6) is 0.131. The van der Waals surface area contributed by atoms with Crippen LogP contribution < -0.4 is 10.6 Å². The molecular weight excluding hydrogens is 307 g/mol. The zero-order valence-electron chi connectivity index (χ0n) is 12.6. The summed E-state index contributed by atoms with van der Waals surface area (Å²) < 4.78 is 0. The first-order chi connectivity index (χ1) is 9.47. The third kappa shape index (κ3) is 5.50. The summed E-state index contributed by atoms with van der Waals surface area (Å²) in [6, 6.07) is 8.18. The van der Waals surface area contributed by atoms with Crippen molar-refractivity contribution in [1.82, 2.24) is 10.6 Å². The van der Waals surface area contributed by atoms with E-state index in [4.69, 9.17) is 11.6 Å². The summed E-state index contributed by atoms with van der Waals surface area (Å²) in [7, 11) is 0. The Morgan fingerprint density at radius 3 is 2.62 bits per heavy atom. The van der Waals surface area contributed by atoms with E-state index in [1.807, 2.05) is 24.3 Å². The van der Waals surface area contributed by atoms with Crippen molar-refractivity contribution < 1.29 is 4.79 Å². The third-order valence-corrected chi connectivity index (χ3v) is 4.20. The number of nitrogens with one attached hydrogen (secondary N) is 2. The minimum Gasteiger partial charge on any atom is -0.355 e. The molecule has 1 atom stereocenters. The van der Waals surface area contributed by atoms with Crippen LogP contribution in [0.1, 0.15) is 38.7 Å². The van der Waals surface area contributed by atoms with E-state index in [1.165, 1.54) is 12.0 Å². The predicted octanol–water partition coefficient (Wildman–Crippen LogP) is 3.30. The van der Waals surface area contributed by atoms with Crippen LogP contribution >= 0.6 is 24.0 Å². The van der Waals surface area contributed by atoms with Crippen LogP contribution in [0, 0.1) is 0 Å². The Kier molecular flexibility index (Phi) is 6.98. The maximum atomic E-state index is 12.0. The van der Waals surface area contributed by atoms with Crippen LogP contribution in [0.15, 0.2) is 24.3 Å². The van der Waals surface area contributed by atoms with E-state index in [0.717, 1.165) is 18.0 Å². The zero-order valence-corrected chi connectivity index (χ0v) is 14.2. The van der Waals surface area contributed by atoms with Crippen molar-refractivity contribution in [2.45, 2.75) is 44.6 Å². The Hall–Kier alpha value is -0.770. The molecule has 1 heterocycles. The molecule has 2 N–H and O–H groups in total. The number of benzene rings is 1. The molecule has 1 aliphatic rings. The summed E-state index contributed by atoms with van der Waals surface area (Å²) in [6.45, 7) is 5.93. The fourth-order valence-electron chi connectivity index (χ4n) is 2.55. The van der Waals surface area contributed by atoms with Gasteiger partial charge < -0.3 is 10.6 Å². The number of amides is 1. The van der Waals surface area contributed by atoms with Gasteiger partial charge in [-0.1, -0.05) is 37.6 Å². The van der Waals surface area contributed by atoms with Gasteiger partial charge in [-0.3, -0.25) is 4.79 Å². The molecule has 0 aliphatic carbocycles. The van der Waals surface area contributed by atoms with Gasteiger partial charge in [0.25, 0.3) is 0 Å². The van der Waals surface area contributed by atoms with Gasteiger partial charge in [-0.15, -0.1) is 12.4 Å². The summed E-state index contributed by atoms with van der Waals surface area (Å²) in [5.41, 5.74) is 1.09. The molecule has 1 saturated heterocycles. The molecule has 0 radical (unpaired) electrons. The highest BCUT2D eigenvalue weighted by molar-refractivity contribution is 6.30. The molecule has 1 unspecified atom stereocenters. The van der Waals surface area contributed by atoms with Crippen molar-refractivity contribution in [3.63, 3.8) is 0 Å². The van der Waals surface area contributed by atoms with E-state index in [9.17, 15) is 4.79 Å². The van der Waals surface area contributed by atoms with Crippen molar-refractivity contribution in [1.29, 1.82) is 0 Å². The molecule has 1 fully saturated rings. The van der Waals surface area contributed by atoms with Gasteiger partial charge in [0.1, 0.15) is 0 Å². The average Bonchev–Trinajstić information content (AvgIpc) is 2.90. The molecule has 1 amide bonds. The average molecular weight is 331 g/mol. The monoisotopic (exact) mass is 330 g/mol. The highest BCUT2D eigenvalue weighted by atomic mass is 35.5. The van der Waals surface area contributed by atoms with Gasteiger partial charge in [0, 0.05) is 29.4 Å².